The van der Waals surface area contributed by atoms with E-state index in [4.69, 9.17) is 5.73 Å². The van der Waals surface area contributed by atoms with Crippen molar-refractivity contribution in [2.24, 2.45) is 5.73 Å². The molecule has 22 heavy (non-hydrogen) atoms. The zero-order valence-electron chi connectivity index (χ0n) is 12.5. The van der Waals surface area contributed by atoms with Crippen LogP contribution in [0.5, 0.6) is 0 Å². The number of piperazine rings is 1. The molecule has 3 N–H and O–H groups in total. The van der Waals surface area contributed by atoms with Crippen LogP contribution in [0.4, 0.5) is 19.3 Å². The number of anilines is 1. The molecule has 5 nitrogen and oxygen atoms in total. The van der Waals surface area contributed by atoms with Crippen LogP contribution in [-0.4, -0.2) is 49.1 Å². The number of halogens is 2. The SMILES string of the molecule is CN1CCN(C2CC(F)(F)c3cc(NC(N)=O)ccc32)CC1. The van der Waals surface area contributed by atoms with Gasteiger partial charge in [-0.15, -0.1) is 0 Å². The third-order valence-electron chi connectivity index (χ3n) is 4.50. The van der Waals surface area contributed by atoms with E-state index in [1.807, 2.05) is 7.05 Å². The number of primary amides is 1. The lowest BCUT2D eigenvalue weighted by Gasteiger charge is -2.36. The molecule has 120 valence electrons. The first-order chi connectivity index (χ1) is 10.4. The van der Waals surface area contributed by atoms with Crippen LogP contribution in [0.1, 0.15) is 23.6 Å². The number of rotatable bonds is 2. The largest absolute Gasteiger partial charge is 0.351 e. The number of hydrogen-bond donors (Lipinski definition) is 2. The first-order valence-electron chi connectivity index (χ1n) is 7.38. The van der Waals surface area contributed by atoms with Gasteiger partial charge in [-0.05, 0) is 24.7 Å². The van der Waals surface area contributed by atoms with Gasteiger partial charge in [0, 0.05) is 49.9 Å². The highest BCUT2D eigenvalue weighted by atomic mass is 19.3. The quantitative estimate of drug-likeness (QED) is 0.878. The first kappa shape index (κ1) is 15.2. The van der Waals surface area contributed by atoms with Gasteiger partial charge in [0.05, 0.1) is 0 Å². The highest BCUT2D eigenvalue weighted by molar-refractivity contribution is 5.88. The second-order valence-corrected chi connectivity index (χ2v) is 6.05. The van der Waals surface area contributed by atoms with Gasteiger partial charge in [0.25, 0.3) is 5.92 Å². The minimum Gasteiger partial charge on any atom is -0.351 e. The second kappa shape index (κ2) is 5.48. The van der Waals surface area contributed by atoms with Gasteiger partial charge in [0.1, 0.15) is 0 Å². The number of alkyl halides is 2. The van der Waals surface area contributed by atoms with Crippen LogP contribution >= 0.6 is 0 Å². The number of carbonyl (C=O) groups is 1. The van der Waals surface area contributed by atoms with E-state index in [-0.39, 0.29) is 18.0 Å². The average Bonchev–Trinajstić information content (AvgIpc) is 2.71. The monoisotopic (exact) mass is 310 g/mol. The zero-order valence-corrected chi connectivity index (χ0v) is 12.5. The molecule has 1 aromatic rings. The number of hydrogen-bond acceptors (Lipinski definition) is 3. The Morgan fingerprint density at radius 3 is 2.64 bits per heavy atom. The van der Waals surface area contributed by atoms with Gasteiger partial charge in [-0.3, -0.25) is 4.90 Å². The molecule has 0 aromatic heterocycles. The predicted octanol–water partition coefficient (Wildman–Crippen LogP) is 1.96. The number of urea groups is 1. The number of fused-ring (bicyclic) bond motifs is 1. The molecule has 0 saturated carbocycles. The fraction of sp³-hybridized carbons (Fsp3) is 0.533. The van der Waals surface area contributed by atoms with Crippen LogP contribution in [0.2, 0.25) is 0 Å². The fourth-order valence-electron chi connectivity index (χ4n) is 3.31. The lowest BCUT2D eigenvalue weighted by molar-refractivity contribution is -0.0257. The number of amides is 2. The van der Waals surface area contributed by atoms with Crippen LogP contribution in [0.25, 0.3) is 0 Å². The Hall–Kier alpha value is -1.73. The summed E-state index contributed by atoms with van der Waals surface area (Å²) in [7, 11) is 2.04. The summed E-state index contributed by atoms with van der Waals surface area (Å²) in [5.41, 5.74) is 6.01. The lowest BCUT2D eigenvalue weighted by Crippen LogP contribution is -2.45. The summed E-state index contributed by atoms with van der Waals surface area (Å²) in [6, 6.07) is 3.65. The lowest BCUT2D eigenvalue weighted by atomic mass is 10.0. The number of likely N-dealkylation sites (N-methyl/N-ethyl adjacent to an activating group) is 1. The molecule has 0 bridgehead atoms. The van der Waals surface area contributed by atoms with Crippen LogP contribution in [0.3, 0.4) is 0 Å². The predicted molar refractivity (Wildman–Crippen MR) is 80.0 cm³/mol. The van der Waals surface area contributed by atoms with E-state index in [2.05, 4.69) is 15.1 Å². The van der Waals surface area contributed by atoms with Gasteiger partial charge in [-0.25, -0.2) is 13.6 Å². The number of nitrogens with one attached hydrogen (secondary N) is 1. The standard InChI is InChI=1S/C15H20F2N4O/c1-20-4-6-21(7-5-20)13-9-15(16,17)12-8-10(19-14(18)22)2-3-11(12)13/h2-3,8,13H,4-7,9H2,1H3,(H3,18,19,22). The number of benzene rings is 1. The molecule has 1 saturated heterocycles. The van der Waals surface area contributed by atoms with E-state index in [0.717, 1.165) is 26.2 Å². The average molecular weight is 310 g/mol. The third-order valence-corrected chi connectivity index (χ3v) is 4.50. The molecule has 7 heteroatoms. The molecule has 1 aliphatic heterocycles. The van der Waals surface area contributed by atoms with E-state index in [9.17, 15) is 13.6 Å². The van der Waals surface area contributed by atoms with Gasteiger partial charge in [0.15, 0.2) is 0 Å². The van der Waals surface area contributed by atoms with Crippen molar-refractivity contribution in [3.8, 4) is 0 Å². The molecule has 1 aliphatic carbocycles. The van der Waals surface area contributed by atoms with E-state index < -0.39 is 12.0 Å². The van der Waals surface area contributed by atoms with Crippen molar-refractivity contribution in [1.29, 1.82) is 0 Å². The molecule has 0 radical (unpaired) electrons. The molecule has 0 spiro atoms. The Morgan fingerprint density at radius 1 is 1.32 bits per heavy atom. The summed E-state index contributed by atoms with van der Waals surface area (Å²) < 4.78 is 28.7. The van der Waals surface area contributed by atoms with Crippen LogP contribution < -0.4 is 11.1 Å². The number of nitrogens with zero attached hydrogens (tertiary/aromatic N) is 2. The van der Waals surface area contributed by atoms with Gasteiger partial charge in [0.2, 0.25) is 0 Å². The molecule has 1 fully saturated rings. The highest BCUT2D eigenvalue weighted by Gasteiger charge is 2.47. The van der Waals surface area contributed by atoms with Crippen LogP contribution in [-0.2, 0) is 5.92 Å². The number of carbonyl (C=O) groups excluding carboxylic acids is 1. The van der Waals surface area contributed by atoms with Gasteiger partial charge in [-0.2, -0.15) is 0 Å². The summed E-state index contributed by atoms with van der Waals surface area (Å²) in [6.07, 6.45) is -0.202. The zero-order chi connectivity index (χ0) is 15.9. The Morgan fingerprint density at radius 2 is 2.00 bits per heavy atom. The van der Waals surface area contributed by atoms with E-state index in [1.54, 1.807) is 12.1 Å². The second-order valence-electron chi connectivity index (χ2n) is 6.05. The molecule has 2 amide bonds. The maximum atomic E-state index is 14.4. The summed E-state index contributed by atoms with van der Waals surface area (Å²) in [5, 5.41) is 2.36. The minimum absolute atomic E-state index is 0.00248. The summed E-state index contributed by atoms with van der Waals surface area (Å²) in [4.78, 5) is 15.2. The fourth-order valence-corrected chi connectivity index (χ4v) is 3.31. The van der Waals surface area contributed by atoms with E-state index in [1.165, 1.54) is 6.07 Å². The molecular formula is C15H20F2N4O. The number of nitrogens with two attached hydrogens (primary N) is 1. The maximum absolute atomic E-state index is 14.4. The molecular weight excluding hydrogens is 290 g/mol. The minimum atomic E-state index is -2.88. The van der Waals surface area contributed by atoms with E-state index in [0.29, 0.717) is 11.3 Å². The molecule has 1 unspecified atom stereocenters. The third kappa shape index (κ3) is 2.78. The van der Waals surface area contributed by atoms with Crippen molar-refractivity contribution in [3.05, 3.63) is 29.3 Å². The van der Waals surface area contributed by atoms with Crippen molar-refractivity contribution in [2.45, 2.75) is 18.4 Å². The molecule has 3 rings (SSSR count). The summed E-state index contributed by atoms with van der Waals surface area (Å²) in [6.45, 7) is 3.35. The Bertz CT molecular complexity index is 585. The van der Waals surface area contributed by atoms with Crippen molar-refractivity contribution in [1.82, 2.24) is 9.80 Å². The summed E-state index contributed by atoms with van der Waals surface area (Å²) >= 11 is 0. The van der Waals surface area contributed by atoms with Crippen LogP contribution in [0, 0.1) is 0 Å². The normalized spacial score (nSPS) is 25.0. The van der Waals surface area contributed by atoms with Crippen molar-refractivity contribution in [3.63, 3.8) is 0 Å². The maximum Gasteiger partial charge on any atom is 0.316 e. The highest BCUT2D eigenvalue weighted by Crippen LogP contribution is 2.50. The Balaban J connectivity index is 1.88. The summed E-state index contributed by atoms with van der Waals surface area (Å²) in [5.74, 6) is -2.88. The molecule has 1 atom stereocenters. The van der Waals surface area contributed by atoms with Crippen molar-refractivity contribution >= 4 is 11.7 Å². The topological polar surface area (TPSA) is 61.6 Å². The molecule has 2 aliphatic rings. The first-order valence-corrected chi connectivity index (χ1v) is 7.38. The van der Waals surface area contributed by atoms with E-state index >= 15 is 0 Å². The van der Waals surface area contributed by atoms with Crippen LogP contribution in [0.15, 0.2) is 18.2 Å². The van der Waals surface area contributed by atoms with Crippen molar-refractivity contribution in [2.75, 3.05) is 38.5 Å². The molecule has 1 heterocycles. The van der Waals surface area contributed by atoms with Gasteiger partial charge >= 0.3 is 6.03 Å². The van der Waals surface area contributed by atoms with Gasteiger partial charge in [-0.1, -0.05) is 6.07 Å². The smallest absolute Gasteiger partial charge is 0.316 e. The van der Waals surface area contributed by atoms with Gasteiger partial charge < -0.3 is 16.0 Å². The molecule has 1 aromatic carbocycles. The Labute approximate surface area is 128 Å². The van der Waals surface area contributed by atoms with Crippen molar-refractivity contribution < 1.29 is 13.6 Å². The Kier molecular flexibility index (Phi) is 3.78.